The molecule has 1 aliphatic rings. The fraction of sp³-hybridized carbons (Fsp3) is 0. The van der Waals surface area contributed by atoms with Crippen LogP contribution in [-0.4, -0.2) is 16.7 Å². The molecule has 0 spiro atoms. The molecule has 3 aromatic rings. The Kier molecular flexibility index (Phi) is 3.17. The van der Waals surface area contributed by atoms with E-state index in [2.05, 4.69) is 0 Å². The molecule has 0 saturated carbocycles. The maximum absolute atomic E-state index is 12.5. The van der Waals surface area contributed by atoms with Crippen LogP contribution in [0.3, 0.4) is 0 Å². The zero-order chi connectivity index (χ0) is 16.7. The minimum absolute atomic E-state index is 0.0110. The van der Waals surface area contributed by atoms with E-state index in [0.29, 0.717) is 16.9 Å². The van der Waals surface area contributed by atoms with E-state index in [4.69, 9.17) is 4.74 Å². The summed E-state index contributed by atoms with van der Waals surface area (Å²) in [7, 11) is 0. The van der Waals surface area contributed by atoms with Gasteiger partial charge in [-0.25, -0.2) is 0 Å². The molecule has 0 bridgehead atoms. The molecule has 0 fully saturated rings. The Balaban J connectivity index is 1.70. The lowest BCUT2D eigenvalue weighted by Gasteiger charge is -2.15. The number of aromatic hydroxyl groups is 1. The summed E-state index contributed by atoms with van der Waals surface area (Å²) in [6.45, 7) is 0. The molecule has 116 valence electrons. The summed E-state index contributed by atoms with van der Waals surface area (Å²) >= 11 is 0. The van der Waals surface area contributed by atoms with E-state index in [1.54, 1.807) is 60.7 Å². The molecular formula is C20H12O4. The van der Waals surface area contributed by atoms with Crippen LogP contribution in [0.25, 0.3) is 10.8 Å². The third kappa shape index (κ3) is 2.34. The van der Waals surface area contributed by atoms with Crippen LogP contribution in [0.1, 0.15) is 20.7 Å². The molecule has 0 aliphatic heterocycles. The van der Waals surface area contributed by atoms with E-state index < -0.39 is 0 Å². The normalized spacial score (nSPS) is 13.6. The molecule has 0 aromatic heterocycles. The summed E-state index contributed by atoms with van der Waals surface area (Å²) in [4.78, 5) is 24.6. The molecule has 1 N–H and O–H groups in total. The Morgan fingerprint density at radius 3 is 2.33 bits per heavy atom. The van der Waals surface area contributed by atoms with Crippen molar-refractivity contribution in [2.75, 3.05) is 0 Å². The van der Waals surface area contributed by atoms with Crippen LogP contribution in [0, 0.1) is 0 Å². The highest BCUT2D eigenvalue weighted by molar-refractivity contribution is 6.23. The van der Waals surface area contributed by atoms with Crippen LogP contribution in [0.15, 0.2) is 72.5 Å². The number of hydrogen-bond acceptors (Lipinski definition) is 4. The van der Waals surface area contributed by atoms with Gasteiger partial charge in [-0.3, -0.25) is 9.59 Å². The van der Waals surface area contributed by atoms with Crippen molar-refractivity contribution < 1.29 is 19.4 Å². The second-order valence-corrected chi connectivity index (χ2v) is 5.54. The molecule has 3 aromatic carbocycles. The highest BCUT2D eigenvalue weighted by Gasteiger charge is 2.26. The van der Waals surface area contributed by atoms with Crippen LogP contribution in [0.4, 0.5) is 0 Å². The topological polar surface area (TPSA) is 63.6 Å². The average Bonchev–Trinajstić information content (AvgIpc) is 2.59. The molecule has 0 atom stereocenters. The number of Topliss-reactive ketones (excluding diaryl/α,β-unsaturated/α-hetero) is 1. The van der Waals surface area contributed by atoms with Crippen LogP contribution >= 0.6 is 0 Å². The molecule has 4 heteroatoms. The maximum Gasteiger partial charge on any atom is 0.229 e. The van der Waals surface area contributed by atoms with Gasteiger partial charge in [-0.1, -0.05) is 36.4 Å². The van der Waals surface area contributed by atoms with Gasteiger partial charge in [0.05, 0.1) is 0 Å². The number of ketones is 2. The van der Waals surface area contributed by atoms with E-state index in [9.17, 15) is 14.7 Å². The summed E-state index contributed by atoms with van der Waals surface area (Å²) in [5.74, 6) is 0.0993. The van der Waals surface area contributed by atoms with Crippen molar-refractivity contribution in [2.45, 2.75) is 0 Å². The van der Waals surface area contributed by atoms with Crippen LogP contribution in [0.5, 0.6) is 11.5 Å². The second kappa shape index (κ2) is 5.35. The molecule has 0 saturated heterocycles. The van der Waals surface area contributed by atoms with Gasteiger partial charge in [0.25, 0.3) is 0 Å². The van der Waals surface area contributed by atoms with Gasteiger partial charge in [-0.15, -0.1) is 0 Å². The quantitative estimate of drug-likeness (QED) is 0.779. The number of hydrogen-bond donors (Lipinski definition) is 1. The lowest BCUT2D eigenvalue weighted by atomic mass is 9.94. The molecule has 0 heterocycles. The monoisotopic (exact) mass is 316 g/mol. The van der Waals surface area contributed by atoms with E-state index in [1.807, 2.05) is 0 Å². The van der Waals surface area contributed by atoms with Gasteiger partial charge in [-0.2, -0.15) is 0 Å². The summed E-state index contributed by atoms with van der Waals surface area (Å²) in [6.07, 6.45) is 1.23. The number of benzene rings is 3. The van der Waals surface area contributed by atoms with E-state index in [-0.39, 0.29) is 23.1 Å². The number of rotatable bonds is 2. The Bertz CT molecular complexity index is 1030. The predicted octanol–water partition coefficient (Wildman–Crippen LogP) is 3.89. The lowest BCUT2D eigenvalue weighted by Crippen LogP contribution is -2.20. The molecule has 4 rings (SSSR count). The van der Waals surface area contributed by atoms with Crippen LogP contribution in [-0.2, 0) is 0 Å². The largest absolute Gasteiger partial charge is 0.508 e. The first-order valence-corrected chi connectivity index (χ1v) is 7.42. The van der Waals surface area contributed by atoms with Crippen LogP contribution < -0.4 is 4.74 Å². The zero-order valence-electron chi connectivity index (χ0n) is 12.5. The van der Waals surface area contributed by atoms with E-state index in [0.717, 1.165) is 10.8 Å². The fourth-order valence-electron chi connectivity index (χ4n) is 2.77. The highest BCUT2D eigenvalue weighted by atomic mass is 16.5. The first-order valence-electron chi connectivity index (χ1n) is 7.42. The van der Waals surface area contributed by atoms with Crippen molar-refractivity contribution in [3.8, 4) is 11.5 Å². The van der Waals surface area contributed by atoms with Crippen molar-refractivity contribution >= 4 is 22.3 Å². The predicted molar refractivity (Wildman–Crippen MR) is 89.4 cm³/mol. The van der Waals surface area contributed by atoms with Crippen molar-refractivity contribution in [3.63, 3.8) is 0 Å². The zero-order valence-corrected chi connectivity index (χ0v) is 12.5. The minimum Gasteiger partial charge on any atom is -0.508 e. The Hall–Kier alpha value is -3.40. The van der Waals surface area contributed by atoms with Gasteiger partial charge in [0.1, 0.15) is 11.5 Å². The standard InChI is InChI=1S/C20H12O4/c21-14-7-5-13-10-15(8-6-12(13)9-14)24-19-11-18(22)16-3-1-2-4-17(16)20(19)23/h1-11,21H. The van der Waals surface area contributed by atoms with Gasteiger partial charge in [0, 0.05) is 17.2 Å². The third-order valence-electron chi connectivity index (χ3n) is 3.95. The number of carbonyl (C=O) groups is 2. The van der Waals surface area contributed by atoms with Gasteiger partial charge >= 0.3 is 0 Å². The van der Waals surface area contributed by atoms with Crippen molar-refractivity contribution in [2.24, 2.45) is 0 Å². The summed E-state index contributed by atoms with van der Waals surface area (Å²) < 4.78 is 5.66. The molecule has 0 radical (unpaired) electrons. The van der Waals surface area contributed by atoms with E-state index >= 15 is 0 Å². The number of carbonyl (C=O) groups excluding carboxylic acids is 2. The highest BCUT2D eigenvalue weighted by Crippen LogP contribution is 2.28. The molecular weight excluding hydrogens is 304 g/mol. The summed E-state index contributed by atoms with van der Waals surface area (Å²) in [5.41, 5.74) is 0.745. The number of fused-ring (bicyclic) bond motifs is 2. The van der Waals surface area contributed by atoms with Gasteiger partial charge in [0.2, 0.25) is 5.78 Å². The number of allylic oxidation sites excluding steroid dienone is 2. The average molecular weight is 316 g/mol. The second-order valence-electron chi connectivity index (χ2n) is 5.54. The van der Waals surface area contributed by atoms with Gasteiger partial charge < -0.3 is 9.84 Å². The minimum atomic E-state index is -0.309. The number of phenolic OH excluding ortho intramolecular Hbond substituents is 1. The van der Waals surface area contributed by atoms with Crippen LogP contribution in [0.2, 0.25) is 0 Å². The summed E-state index contributed by atoms with van der Waals surface area (Å²) in [6, 6.07) is 16.9. The molecule has 0 unspecified atom stereocenters. The Morgan fingerprint density at radius 1 is 0.792 bits per heavy atom. The molecule has 0 amide bonds. The van der Waals surface area contributed by atoms with E-state index in [1.165, 1.54) is 6.08 Å². The molecule has 4 nitrogen and oxygen atoms in total. The first-order chi connectivity index (χ1) is 11.6. The third-order valence-corrected chi connectivity index (χ3v) is 3.95. The smallest absolute Gasteiger partial charge is 0.229 e. The van der Waals surface area contributed by atoms with Crippen molar-refractivity contribution in [1.29, 1.82) is 0 Å². The SMILES string of the molecule is O=C1C=C(Oc2ccc3cc(O)ccc3c2)C(=O)c2ccccc21. The molecule has 1 aliphatic carbocycles. The Morgan fingerprint density at radius 2 is 1.50 bits per heavy atom. The summed E-state index contributed by atoms with van der Waals surface area (Å²) in [5, 5.41) is 11.2. The lowest BCUT2D eigenvalue weighted by molar-refractivity contribution is 0.0947. The molecule has 24 heavy (non-hydrogen) atoms. The van der Waals surface area contributed by atoms with Gasteiger partial charge in [-0.05, 0) is 35.0 Å². The number of phenols is 1. The van der Waals surface area contributed by atoms with Crippen molar-refractivity contribution in [3.05, 3.63) is 83.6 Å². The number of ether oxygens (including phenoxy) is 1. The van der Waals surface area contributed by atoms with Crippen molar-refractivity contribution in [1.82, 2.24) is 0 Å². The maximum atomic E-state index is 12.5. The first kappa shape index (κ1) is 14.2. The Labute approximate surface area is 137 Å². The van der Waals surface area contributed by atoms with Gasteiger partial charge in [0.15, 0.2) is 11.5 Å². The fourth-order valence-corrected chi connectivity index (χ4v) is 2.77.